The number of carbonyl (C=O) groups excluding carboxylic acids is 4. The summed E-state index contributed by atoms with van der Waals surface area (Å²) in [6.45, 7) is 7.81. The van der Waals surface area contributed by atoms with Crippen molar-refractivity contribution < 1.29 is 98.7 Å². The summed E-state index contributed by atoms with van der Waals surface area (Å²) >= 11 is 0. The summed E-state index contributed by atoms with van der Waals surface area (Å²) in [6, 6.07) is -2.36. The fourth-order valence-electron chi connectivity index (χ4n) is 19.8. The highest BCUT2D eigenvalue weighted by Gasteiger charge is 2.49. The fraction of sp³-hybridized carbons (Fsp3) is 0.964. The monoisotopic (exact) mass is 1950 g/mol. The third-order valence-corrected chi connectivity index (χ3v) is 29.1. The van der Waals surface area contributed by atoms with E-state index in [1.165, 1.54) is 295 Å². The first-order chi connectivity index (χ1) is 66.7. The number of aliphatic hydroxyl groups is 10. The Hall–Kier alpha value is -3.16. The molecule has 0 radical (unpaired) electrons. The molecule has 26 nitrogen and oxygen atoms in total. The standard InChI is InChI=1S/C111H216N6O20/c1-6-9-12-15-18-21-24-27-29-31-33-35-37-39-41-43-45-47-54-59-64-69-74-79-97(120)115-91(87-132-108-106(128)104(126)102(124)95(136-108)88-133-110(130)113-85-86-117(4)5)100(122)92(118)76-71-66-61-56-52-49-50-53-58-63-68-73-78-94(135-109-107(129)105(127)103(125)96(137-109)89-134-111(131)114-90-81-83-112-84-82-90)99(101(123)93(119)77-72-67-62-57-51-26-23-20-17-14-11-8-3)116-98(121)80-75-70-65-60-55-48-46-44-42-40-38-36-34-32-30-28-25-22-19-16-13-10-7-2/h90-96,99-109,112,118-119,122-129H,6-89H2,1-5H3,(H,113,130)(H,114,131)(H,115,120)(H,116,121)/t91?,92?,93-,94?,95-,96-,99-,100?,101-,102+,103+,104+,105+,106-,107-,108+,109+/m1/s1. The van der Waals surface area contributed by atoms with Crippen molar-refractivity contribution in [1.82, 2.24) is 31.5 Å². The quantitative estimate of drug-likeness (QED) is 0.0252. The van der Waals surface area contributed by atoms with Crippen LogP contribution in [0.4, 0.5) is 9.59 Å². The molecule has 0 bridgehead atoms. The number of hydrogen-bond donors (Lipinski definition) is 15. The first-order valence-electron chi connectivity index (χ1n) is 57.9. The van der Waals surface area contributed by atoms with Crippen molar-refractivity contribution in [2.75, 3.05) is 60.1 Å². The van der Waals surface area contributed by atoms with Crippen molar-refractivity contribution in [3.63, 3.8) is 0 Å². The second kappa shape index (κ2) is 89.3. The SMILES string of the molecule is CCCCCCCCCCCCCCCCCCCCCCCCCC(=O)NC(CO[C@H]1O[C@H](COC(=O)NCCN(C)C)[C@H](O)[C@H](O)[C@H]1O)C(O)C(O)CCCCCCCCCCCCCCC(O[C@H]1O[C@H](COC(=O)NC2CCNCC2)[C@H](O)[C@H](O)[C@H]1O)[C@@H](NC(=O)CCCCCCCCCCCCCCCCCCCCCCCCC)[C@H](O)[C@H](O)CCCCCCCCCCCCCC. The molecule has 3 aliphatic rings. The summed E-state index contributed by atoms with van der Waals surface area (Å²) in [4.78, 5) is 55.3. The second-order valence-corrected chi connectivity index (χ2v) is 42.1. The van der Waals surface area contributed by atoms with Crippen LogP contribution in [0.15, 0.2) is 0 Å². The van der Waals surface area contributed by atoms with Gasteiger partial charge in [0.2, 0.25) is 11.8 Å². The zero-order valence-electron chi connectivity index (χ0n) is 88.3. The van der Waals surface area contributed by atoms with Crippen LogP contribution < -0.4 is 26.6 Å². The predicted octanol–water partition coefficient (Wildman–Crippen LogP) is 21.5. The van der Waals surface area contributed by atoms with Gasteiger partial charge in [0.05, 0.1) is 37.0 Å². The number of ether oxygens (including phenoxy) is 6. The molecule has 4 amide bonds. The van der Waals surface area contributed by atoms with Crippen LogP contribution in [0.3, 0.4) is 0 Å². The number of aliphatic hydroxyl groups excluding tert-OH is 10. The molecular weight excluding hydrogens is 1740 g/mol. The maximum atomic E-state index is 14.3. The predicted molar refractivity (Wildman–Crippen MR) is 554 cm³/mol. The number of carbonyl (C=O) groups is 4. The molecule has 26 heteroatoms. The molecule has 3 aliphatic heterocycles. The van der Waals surface area contributed by atoms with Crippen LogP contribution in [0, 0.1) is 0 Å². The summed E-state index contributed by atoms with van der Waals surface area (Å²) < 4.78 is 35.5. The normalized spacial score (nSPS) is 20.9. The number of amides is 4. The Morgan fingerprint density at radius 1 is 0.350 bits per heavy atom. The van der Waals surface area contributed by atoms with E-state index in [1.54, 1.807) is 0 Å². The highest BCUT2D eigenvalue weighted by molar-refractivity contribution is 5.76. The van der Waals surface area contributed by atoms with Crippen LogP contribution in [0.1, 0.15) is 515 Å². The van der Waals surface area contributed by atoms with E-state index in [9.17, 15) is 70.2 Å². The Balaban J connectivity index is 1.57. The maximum absolute atomic E-state index is 14.3. The fourth-order valence-corrected chi connectivity index (χ4v) is 19.8. The summed E-state index contributed by atoms with van der Waals surface area (Å²) in [5, 5.41) is 129. The van der Waals surface area contributed by atoms with Crippen LogP contribution in [-0.2, 0) is 38.0 Å². The third-order valence-electron chi connectivity index (χ3n) is 29.1. The molecule has 3 rings (SSSR count). The molecule has 0 spiro atoms. The number of unbranched alkanes of at least 4 members (excludes halogenated alkanes) is 66. The van der Waals surface area contributed by atoms with Gasteiger partial charge in [0.15, 0.2) is 12.6 Å². The number of likely N-dealkylation sites (N-methyl/N-ethyl adjacent to an activating group) is 1. The van der Waals surface area contributed by atoms with Gasteiger partial charge in [-0.2, -0.15) is 0 Å². The van der Waals surface area contributed by atoms with Gasteiger partial charge in [-0.3, -0.25) is 9.59 Å². The maximum Gasteiger partial charge on any atom is 0.407 e. The molecular formula is C111H216N6O20. The van der Waals surface area contributed by atoms with Gasteiger partial charge in [0.25, 0.3) is 0 Å². The minimum absolute atomic E-state index is 0.0991. The number of hydrogen-bond acceptors (Lipinski definition) is 22. The molecule has 0 saturated carbocycles. The Bertz CT molecular complexity index is 2720. The number of piperidine rings is 1. The second-order valence-electron chi connectivity index (χ2n) is 42.1. The summed E-state index contributed by atoms with van der Waals surface area (Å²) in [6.07, 6.45) is 61.7. The van der Waals surface area contributed by atoms with Gasteiger partial charge >= 0.3 is 12.2 Å². The van der Waals surface area contributed by atoms with Crippen LogP contribution in [0.2, 0.25) is 0 Å². The van der Waals surface area contributed by atoms with Crippen LogP contribution in [-0.4, -0.2) is 250 Å². The molecule has 0 aromatic rings. The van der Waals surface area contributed by atoms with Crippen LogP contribution in [0.5, 0.6) is 0 Å². The van der Waals surface area contributed by atoms with E-state index in [0.717, 1.165) is 148 Å². The lowest BCUT2D eigenvalue weighted by Gasteiger charge is -2.43. The van der Waals surface area contributed by atoms with E-state index >= 15 is 0 Å². The molecule has 137 heavy (non-hydrogen) atoms. The van der Waals surface area contributed by atoms with E-state index in [0.29, 0.717) is 51.6 Å². The summed E-state index contributed by atoms with van der Waals surface area (Å²) in [5.41, 5.74) is 0. The zero-order chi connectivity index (χ0) is 99.5. The Morgan fingerprint density at radius 3 is 0.985 bits per heavy atom. The van der Waals surface area contributed by atoms with Gasteiger partial charge in [-0.15, -0.1) is 0 Å². The van der Waals surface area contributed by atoms with Gasteiger partial charge in [-0.25, -0.2) is 9.59 Å². The average molecular weight is 1950 g/mol. The number of nitrogens with one attached hydrogen (secondary N) is 5. The lowest BCUT2D eigenvalue weighted by molar-refractivity contribution is -0.315. The van der Waals surface area contributed by atoms with E-state index in [2.05, 4.69) is 47.4 Å². The highest BCUT2D eigenvalue weighted by atomic mass is 16.7. The van der Waals surface area contributed by atoms with E-state index in [4.69, 9.17) is 28.4 Å². The topological polar surface area (TPSA) is 389 Å². The van der Waals surface area contributed by atoms with Crippen molar-refractivity contribution in [3.8, 4) is 0 Å². The zero-order valence-corrected chi connectivity index (χ0v) is 88.3. The van der Waals surface area contributed by atoms with Crippen molar-refractivity contribution in [3.05, 3.63) is 0 Å². The number of alkyl carbamates (subject to hydrolysis) is 2. The van der Waals surface area contributed by atoms with Gasteiger partial charge in [0.1, 0.15) is 74.3 Å². The van der Waals surface area contributed by atoms with Crippen molar-refractivity contribution in [2.45, 2.75) is 625 Å². The Labute approximate surface area is 835 Å². The molecule has 0 aromatic heterocycles. The van der Waals surface area contributed by atoms with Gasteiger partial charge in [0, 0.05) is 32.0 Å². The van der Waals surface area contributed by atoms with Crippen LogP contribution >= 0.6 is 0 Å². The lowest BCUT2D eigenvalue weighted by atomic mass is 9.92. The summed E-state index contributed by atoms with van der Waals surface area (Å²) in [5.74, 6) is -0.611. The molecule has 15 N–H and O–H groups in total. The molecule has 3 heterocycles. The smallest absolute Gasteiger partial charge is 0.407 e. The van der Waals surface area contributed by atoms with Gasteiger partial charge in [-0.05, 0) is 72.1 Å². The average Bonchev–Trinajstić information content (AvgIpc) is 0.804. The molecule has 0 aromatic carbocycles. The Morgan fingerprint density at radius 2 is 0.642 bits per heavy atom. The van der Waals surface area contributed by atoms with Gasteiger partial charge < -0.3 is 111 Å². The van der Waals surface area contributed by atoms with Crippen molar-refractivity contribution in [1.29, 1.82) is 0 Å². The lowest BCUT2D eigenvalue weighted by Crippen LogP contribution is -2.62. The largest absolute Gasteiger partial charge is 0.447 e. The van der Waals surface area contributed by atoms with Crippen molar-refractivity contribution >= 4 is 24.0 Å². The Kier molecular flexibility index (Phi) is 83.4. The highest BCUT2D eigenvalue weighted by Crippen LogP contribution is 2.31. The molecule has 17 atom stereocenters. The minimum atomic E-state index is -1.76. The van der Waals surface area contributed by atoms with Crippen molar-refractivity contribution in [2.24, 2.45) is 0 Å². The van der Waals surface area contributed by atoms with E-state index in [-0.39, 0.29) is 43.5 Å². The van der Waals surface area contributed by atoms with E-state index in [1.807, 2.05) is 19.0 Å². The number of nitrogens with zero attached hydrogens (tertiary/aromatic N) is 1. The van der Waals surface area contributed by atoms with Crippen LogP contribution in [0.25, 0.3) is 0 Å². The molecule has 0 aliphatic carbocycles. The molecule has 3 fully saturated rings. The van der Waals surface area contributed by atoms with E-state index < -0.39 is 136 Å². The molecule has 810 valence electrons. The first kappa shape index (κ1) is 128. The number of rotatable bonds is 96. The molecule has 4 unspecified atom stereocenters. The minimum Gasteiger partial charge on any atom is -0.447 e. The summed E-state index contributed by atoms with van der Waals surface area (Å²) in [7, 11) is 3.71. The molecule has 3 saturated heterocycles. The van der Waals surface area contributed by atoms with Gasteiger partial charge in [-0.1, -0.05) is 457 Å². The third kappa shape index (κ3) is 68.0. The first-order valence-corrected chi connectivity index (χ1v) is 57.9.